The minimum Gasteiger partial charge on any atom is -0.389 e. The third-order valence-corrected chi connectivity index (χ3v) is 2.80. The molecule has 0 spiro atoms. The molecule has 18 heavy (non-hydrogen) atoms. The van der Waals surface area contributed by atoms with Gasteiger partial charge in [0.05, 0.1) is 5.56 Å². The van der Waals surface area contributed by atoms with Crippen LogP contribution >= 0.6 is 12.2 Å². The number of aromatic nitrogens is 1. The van der Waals surface area contributed by atoms with Gasteiger partial charge in [-0.1, -0.05) is 24.4 Å². The molecule has 3 N–H and O–H groups in total. The second-order valence-electron chi connectivity index (χ2n) is 4.21. The van der Waals surface area contributed by atoms with Gasteiger partial charge in [-0.3, -0.25) is 0 Å². The minimum absolute atomic E-state index is 0.345. The fraction of sp³-hybridized carbons (Fsp3) is 0.143. The van der Waals surface area contributed by atoms with Gasteiger partial charge in [0, 0.05) is 11.4 Å². The maximum Gasteiger partial charge on any atom is 0.140 e. The van der Waals surface area contributed by atoms with E-state index >= 15 is 0 Å². The van der Waals surface area contributed by atoms with Crippen LogP contribution in [0.25, 0.3) is 0 Å². The van der Waals surface area contributed by atoms with Gasteiger partial charge in [-0.2, -0.15) is 0 Å². The Hall–Kier alpha value is -1.94. The monoisotopic (exact) mass is 257 g/mol. The molecule has 0 atom stereocenters. The highest BCUT2D eigenvalue weighted by atomic mass is 32.1. The molecule has 0 aliphatic carbocycles. The van der Waals surface area contributed by atoms with Crippen molar-refractivity contribution in [1.29, 1.82) is 0 Å². The van der Waals surface area contributed by atoms with Crippen molar-refractivity contribution in [2.45, 2.75) is 13.8 Å². The van der Waals surface area contributed by atoms with Gasteiger partial charge < -0.3 is 11.1 Å². The number of nitrogens with two attached hydrogens (primary N) is 1. The van der Waals surface area contributed by atoms with Gasteiger partial charge in [-0.05, 0) is 43.7 Å². The zero-order valence-corrected chi connectivity index (χ0v) is 11.2. The Bertz CT molecular complexity index is 593. The molecule has 0 fully saturated rings. The van der Waals surface area contributed by atoms with Crippen molar-refractivity contribution in [3.8, 4) is 0 Å². The summed E-state index contributed by atoms with van der Waals surface area (Å²) in [5, 5.41) is 3.26. The van der Waals surface area contributed by atoms with E-state index in [1.165, 1.54) is 5.56 Å². The van der Waals surface area contributed by atoms with E-state index in [9.17, 15) is 0 Å². The lowest BCUT2D eigenvalue weighted by Crippen LogP contribution is -2.13. The third kappa shape index (κ3) is 2.84. The summed E-state index contributed by atoms with van der Waals surface area (Å²) in [6.45, 7) is 3.98. The van der Waals surface area contributed by atoms with Crippen LogP contribution < -0.4 is 11.1 Å². The van der Waals surface area contributed by atoms with E-state index in [1.807, 2.05) is 50.2 Å². The molecule has 0 unspecified atom stereocenters. The van der Waals surface area contributed by atoms with E-state index in [1.54, 1.807) is 0 Å². The SMILES string of the molecule is Cc1cccc(Nc2nc(C)ccc2C(N)=S)c1. The first kappa shape index (κ1) is 12.5. The highest BCUT2D eigenvalue weighted by molar-refractivity contribution is 7.80. The summed E-state index contributed by atoms with van der Waals surface area (Å²) >= 11 is 5.03. The van der Waals surface area contributed by atoms with Crippen LogP contribution in [0.1, 0.15) is 16.8 Å². The smallest absolute Gasteiger partial charge is 0.140 e. The lowest BCUT2D eigenvalue weighted by atomic mass is 10.2. The Morgan fingerprint density at radius 3 is 2.67 bits per heavy atom. The zero-order valence-electron chi connectivity index (χ0n) is 10.4. The maximum absolute atomic E-state index is 5.70. The molecule has 1 heterocycles. The summed E-state index contributed by atoms with van der Waals surface area (Å²) < 4.78 is 0. The summed E-state index contributed by atoms with van der Waals surface area (Å²) in [5.74, 6) is 0.702. The lowest BCUT2D eigenvalue weighted by Gasteiger charge is -2.11. The van der Waals surface area contributed by atoms with Gasteiger partial charge in [0.2, 0.25) is 0 Å². The quantitative estimate of drug-likeness (QED) is 0.830. The highest BCUT2D eigenvalue weighted by Crippen LogP contribution is 2.20. The van der Waals surface area contributed by atoms with Crippen molar-refractivity contribution in [3.63, 3.8) is 0 Å². The van der Waals surface area contributed by atoms with Gasteiger partial charge in [0.15, 0.2) is 0 Å². The molecule has 0 radical (unpaired) electrons. The van der Waals surface area contributed by atoms with Crippen molar-refractivity contribution in [2.24, 2.45) is 5.73 Å². The van der Waals surface area contributed by atoms with Crippen molar-refractivity contribution in [1.82, 2.24) is 4.98 Å². The maximum atomic E-state index is 5.70. The molecule has 2 rings (SSSR count). The first-order chi connectivity index (χ1) is 8.56. The molecule has 0 aliphatic rings. The molecule has 0 aliphatic heterocycles. The largest absolute Gasteiger partial charge is 0.389 e. The Morgan fingerprint density at radius 1 is 1.22 bits per heavy atom. The van der Waals surface area contributed by atoms with Crippen molar-refractivity contribution in [2.75, 3.05) is 5.32 Å². The summed E-state index contributed by atoms with van der Waals surface area (Å²) in [7, 11) is 0. The van der Waals surface area contributed by atoms with Gasteiger partial charge >= 0.3 is 0 Å². The summed E-state index contributed by atoms with van der Waals surface area (Å²) in [6, 6.07) is 11.9. The number of benzene rings is 1. The molecule has 0 saturated carbocycles. The lowest BCUT2D eigenvalue weighted by molar-refractivity contribution is 1.19. The Kier molecular flexibility index (Phi) is 3.58. The average molecular weight is 257 g/mol. The molecule has 0 saturated heterocycles. The number of hydrogen-bond acceptors (Lipinski definition) is 3. The molecular weight excluding hydrogens is 242 g/mol. The number of aryl methyl sites for hydroxylation is 2. The Balaban J connectivity index is 2.39. The number of nitrogens with one attached hydrogen (secondary N) is 1. The van der Waals surface area contributed by atoms with Crippen LogP contribution in [0.15, 0.2) is 36.4 Å². The molecule has 4 heteroatoms. The Morgan fingerprint density at radius 2 is 2.00 bits per heavy atom. The summed E-state index contributed by atoms with van der Waals surface area (Å²) in [6.07, 6.45) is 0. The minimum atomic E-state index is 0.345. The first-order valence-electron chi connectivity index (χ1n) is 5.67. The van der Waals surface area contributed by atoms with Crippen LogP contribution in [-0.2, 0) is 0 Å². The highest BCUT2D eigenvalue weighted by Gasteiger charge is 2.07. The number of rotatable bonds is 3. The van der Waals surface area contributed by atoms with E-state index < -0.39 is 0 Å². The van der Waals surface area contributed by atoms with Gasteiger partial charge in [-0.15, -0.1) is 0 Å². The third-order valence-electron chi connectivity index (χ3n) is 2.58. The van der Waals surface area contributed by atoms with Crippen LogP contribution in [0.2, 0.25) is 0 Å². The van der Waals surface area contributed by atoms with Crippen LogP contribution in [0.5, 0.6) is 0 Å². The van der Waals surface area contributed by atoms with Crippen molar-refractivity contribution >= 4 is 28.7 Å². The second kappa shape index (κ2) is 5.14. The van der Waals surface area contributed by atoms with Crippen LogP contribution in [0.4, 0.5) is 11.5 Å². The van der Waals surface area contributed by atoms with Crippen LogP contribution in [0, 0.1) is 13.8 Å². The predicted octanol–water partition coefficient (Wildman–Crippen LogP) is 3.08. The average Bonchev–Trinajstić information content (AvgIpc) is 2.28. The zero-order chi connectivity index (χ0) is 13.1. The molecule has 1 aromatic carbocycles. The van der Waals surface area contributed by atoms with Gasteiger partial charge in [0.1, 0.15) is 10.8 Å². The molecule has 0 amide bonds. The first-order valence-corrected chi connectivity index (χ1v) is 6.08. The number of thiocarbonyl (C=S) groups is 1. The number of hydrogen-bond donors (Lipinski definition) is 2. The number of anilines is 2. The summed E-state index contributed by atoms with van der Waals surface area (Å²) in [5.41, 5.74) is 9.54. The molecule has 0 bridgehead atoms. The van der Waals surface area contributed by atoms with E-state index in [4.69, 9.17) is 18.0 Å². The summed E-state index contributed by atoms with van der Waals surface area (Å²) in [4.78, 5) is 4.79. The molecule has 2 aromatic rings. The fourth-order valence-electron chi connectivity index (χ4n) is 1.71. The molecule has 1 aromatic heterocycles. The number of pyridine rings is 1. The van der Waals surface area contributed by atoms with Crippen LogP contribution in [0.3, 0.4) is 0 Å². The molecule has 3 nitrogen and oxygen atoms in total. The molecular formula is C14H15N3S. The fourth-order valence-corrected chi connectivity index (χ4v) is 1.88. The predicted molar refractivity (Wildman–Crippen MR) is 79.3 cm³/mol. The Labute approximate surface area is 112 Å². The standard InChI is InChI=1S/C14H15N3S/c1-9-4-3-5-11(8-9)17-14-12(13(15)18)7-6-10(2)16-14/h3-8H,1-2H3,(H2,15,18)(H,16,17). The van der Waals surface area contributed by atoms with Gasteiger partial charge in [-0.25, -0.2) is 4.98 Å². The van der Waals surface area contributed by atoms with E-state index in [2.05, 4.69) is 10.3 Å². The topological polar surface area (TPSA) is 50.9 Å². The molecule has 92 valence electrons. The van der Waals surface area contributed by atoms with E-state index in [-0.39, 0.29) is 0 Å². The van der Waals surface area contributed by atoms with Gasteiger partial charge in [0.25, 0.3) is 0 Å². The number of nitrogens with zero attached hydrogens (tertiary/aromatic N) is 1. The van der Waals surface area contributed by atoms with Crippen LogP contribution in [-0.4, -0.2) is 9.97 Å². The van der Waals surface area contributed by atoms with E-state index in [0.29, 0.717) is 10.8 Å². The van der Waals surface area contributed by atoms with E-state index in [0.717, 1.165) is 16.9 Å². The van der Waals surface area contributed by atoms with Crippen molar-refractivity contribution < 1.29 is 0 Å². The van der Waals surface area contributed by atoms with Crippen molar-refractivity contribution in [3.05, 3.63) is 53.2 Å². The normalized spacial score (nSPS) is 10.1. The second-order valence-corrected chi connectivity index (χ2v) is 4.65.